The Hall–Kier alpha value is -3.18. The number of aryl methyl sites for hydroxylation is 1. The summed E-state index contributed by atoms with van der Waals surface area (Å²) in [6.07, 6.45) is -5.00. The van der Waals surface area contributed by atoms with Crippen molar-refractivity contribution in [2.45, 2.75) is 32.9 Å². The van der Waals surface area contributed by atoms with E-state index < -0.39 is 29.5 Å². The van der Waals surface area contributed by atoms with Crippen molar-refractivity contribution in [1.29, 1.82) is 0 Å². The van der Waals surface area contributed by atoms with Gasteiger partial charge in [-0.15, -0.1) is 13.2 Å². The van der Waals surface area contributed by atoms with Crippen LogP contribution in [0, 0.1) is 12.7 Å². The van der Waals surface area contributed by atoms with Gasteiger partial charge in [0.2, 0.25) is 5.91 Å². The van der Waals surface area contributed by atoms with Crippen molar-refractivity contribution in [3.63, 3.8) is 0 Å². The van der Waals surface area contributed by atoms with E-state index in [-0.39, 0.29) is 18.2 Å². The molecule has 1 atom stereocenters. The number of halogens is 4. The summed E-state index contributed by atoms with van der Waals surface area (Å²) in [5.74, 6) is -2.04. The molecule has 1 amide bonds. The first-order chi connectivity index (χ1) is 15.1. The van der Waals surface area contributed by atoms with Crippen molar-refractivity contribution >= 4 is 11.6 Å². The van der Waals surface area contributed by atoms with Gasteiger partial charge in [-0.1, -0.05) is 29.4 Å². The first-order valence-corrected chi connectivity index (χ1v) is 9.38. The molecule has 2 aromatic rings. The highest BCUT2D eigenvalue weighted by Gasteiger charge is 2.33. The lowest BCUT2D eigenvalue weighted by molar-refractivity contribution is -0.274. The van der Waals surface area contributed by atoms with Crippen LogP contribution in [0.5, 0.6) is 5.75 Å². The average Bonchev–Trinajstić information content (AvgIpc) is 2.71. The summed E-state index contributed by atoms with van der Waals surface area (Å²) in [5, 5.41) is 6.30. The van der Waals surface area contributed by atoms with Gasteiger partial charge in [0.1, 0.15) is 24.2 Å². The number of hydrogen-bond donors (Lipinski definition) is 2. The molecule has 174 valence electrons. The third kappa shape index (κ3) is 6.41. The number of likely N-dealkylation sites (N-methyl/N-ethyl adjacent to an activating group) is 1. The Bertz CT molecular complexity index is 980. The number of benzene rings is 2. The van der Waals surface area contributed by atoms with Gasteiger partial charge in [-0.25, -0.2) is 4.39 Å². The second-order valence-electron chi connectivity index (χ2n) is 6.62. The van der Waals surface area contributed by atoms with Gasteiger partial charge in [-0.2, -0.15) is 5.48 Å². The number of carbonyl (C=O) groups excluding carboxylic acids is 1. The fraction of sp³-hybridized carbons (Fsp3) is 0.333. The second-order valence-corrected chi connectivity index (χ2v) is 6.62. The van der Waals surface area contributed by atoms with E-state index in [0.717, 1.165) is 23.8 Å². The lowest BCUT2D eigenvalue weighted by atomic mass is 9.96. The van der Waals surface area contributed by atoms with E-state index in [1.54, 1.807) is 25.1 Å². The number of amides is 1. The Kier molecular flexibility index (Phi) is 8.56. The Labute approximate surface area is 182 Å². The molecule has 2 N–H and O–H groups in total. The molecule has 0 aromatic heterocycles. The third-order valence-corrected chi connectivity index (χ3v) is 4.48. The molecule has 32 heavy (non-hydrogen) atoms. The molecule has 0 aliphatic heterocycles. The van der Waals surface area contributed by atoms with Gasteiger partial charge in [-0.05, 0) is 37.1 Å². The zero-order valence-corrected chi connectivity index (χ0v) is 17.8. The predicted octanol–water partition coefficient (Wildman–Crippen LogP) is 3.91. The quantitative estimate of drug-likeness (QED) is 0.339. The smallest absolute Gasteiger partial charge is 0.405 e. The topological polar surface area (TPSA) is 81.2 Å². The fourth-order valence-electron chi connectivity index (χ4n) is 3.02. The summed E-state index contributed by atoms with van der Waals surface area (Å²) in [7, 11) is 2.84. The highest BCUT2D eigenvalue weighted by molar-refractivity contribution is 6.01. The largest absolute Gasteiger partial charge is 0.573 e. The van der Waals surface area contributed by atoms with Gasteiger partial charge < -0.3 is 19.7 Å². The Balaban J connectivity index is 2.32. The Morgan fingerprint density at radius 2 is 1.88 bits per heavy atom. The van der Waals surface area contributed by atoms with Gasteiger partial charge >= 0.3 is 6.36 Å². The number of nitrogens with zero attached hydrogens (tertiary/aromatic N) is 1. The van der Waals surface area contributed by atoms with Crippen LogP contribution >= 0.6 is 0 Å². The van der Waals surface area contributed by atoms with Crippen LogP contribution < -0.4 is 15.5 Å². The number of rotatable bonds is 9. The minimum Gasteiger partial charge on any atom is -0.405 e. The van der Waals surface area contributed by atoms with Crippen LogP contribution in [0.4, 0.5) is 17.6 Å². The van der Waals surface area contributed by atoms with E-state index in [2.05, 4.69) is 20.7 Å². The summed E-state index contributed by atoms with van der Waals surface area (Å²) in [6.45, 7) is 2.95. The lowest BCUT2D eigenvalue weighted by Gasteiger charge is -2.20. The van der Waals surface area contributed by atoms with Crippen molar-refractivity contribution in [3.05, 3.63) is 64.5 Å². The number of alkyl halides is 3. The van der Waals surface area contributed by atoms with Gasteiger partial charge in [0.05, 0.1) is 18.4 Å². The van der Waals surface area contributed by atoms with E-state index >= 15 is 0 Å². The maximum absolute atomic E-state index is 14.2. The first kappa shape index (κ1) is 25.1. The van der Waals surface area contributed by atoms with Gasteiger partial charge in [0.15, 0.2) is 0 Å². The minimum atomic E-state index is -5.00. The second kappa shape index (κ2) is 10.9. The standard InChI is InChI=1S/C21H23F4N3O4/c1-12-7-5-8-14(19(28-30-4)20(29)26-3)15(12)11-31-27-13(2)18-16(22)9-6-10-17(18)32-21(23,24)25/h5-10,19,28H,11H2,1-4H3,(H,26,29)/b27-13+. The van der Waals surface area contributed by atoms with Crippen molar-refractivity contribution in [1.82, 2.24) is 10.8 Å². The van der Waals surface area contributed by atoms with E-state index in [0.29, 0.717) is 11.1 Å². The summed E-state index contributed by atoms with van der Waals surface area (Å²) >= 11 is 0. The van der Waals surface area contributed by atoms with Crippen molar-refractivity contribution in [3.8, 4) is 5.75 Å². The maximum Gasteiger partial charge on any atom is 0.573 e. The number of hydroxylamine groups is 1. The van der Waals surface area contributed by atoms with E-state index in [4.69, 9.17) is 9.68 Å². The molecule has 0 aliphatic rings. The van der Waals surface area contributed by atoms with E-state index in [9.17, 15) is 22.4 Å². The zero-order chi connectivity index (χ0) is 23.9. The number of nitrogens with one attached hydrogen (secondary N) is 2. The molecule has 0 heterocycles. The van der Waals surface area contributed by atoms with E-state index in [1.807, 2.05) is 0 Å². The molecular formula is C21H23F4N3O4. The first-order valence-electron chi connectivity index (χ1n) is 9.38. The van der Waals surface area contributed by atoms with Crippen molar-refractivity contribution < 1.29 is 36.8 Å². The SMILES string of the molecule is CNC(=O)C(NOC)c1cccc(C)c1CO/N=C(\C)c1c(F)cccc1OC(F)(F)F. The molecule has 2 rings (SSSR count). The minimum absolute atomic E-state index is 0.137. The summed E-state index contributed by atoms with van der Waals surface area (Å²) in [6, 6.07) is 7.44. The van der Waals surface area contributed by atoms with Crippen molar-refractivity contribution in [2.24, 2.45) is 5.16 Å². The summed E-state index contributed by atoms with van der Waals surface area (Å²) in [4.78, 5) is 22.5. The molecule has 0 bridgehead atoms. The third-order valence-electron chi connectivity index (χ3n) is 4.48. The summed E-state index contributed by atoms with van der Waals surface area (Å²) < 4.78 is 56.1. The van der Waals surface area contributed by atoms with Crippen molar-refractivity contribution in [2.75, 3.05) is 14.2 Å². The van der Waals surface area contributed by atoms with Crippen LogP contribution in [0.3, 0.4) is 0 Å². The molecule has 0 saturated carbocycles. The Morgan fingerprint density at radius 1 is 1.19 bits per heavy atom. The lowest BCUT2D eigenvalue weighted by Crippen LogP contribution is -2.36. The molecule has 11 heteroatoms. The molecule has 1 unspecified atom stereocenters. The number of ether oxygens (including phenoxy) is 1. The van der Waals surface area contributed by atoms with Crippen LogP contribution in [-0.2, 0) is 21.1 Å². The normalized spacial score (nSPS) is 12.9. The maximum atomic E-state index is 14.2. The molecular weight excluding hydrogens is 434 g/mol. The number of oxime groups is 1. The molecule has 2 aromatic carbocycles. The van der Waals surface area contributed by atoms with Crippen LogP contribution in [0.15, 0.2) is 41.6 Å². The molecule has 7 nitrogen and oxygen atoms in total. The Morgan fingerprint density at radius 3 is 2.50 bits per heavy atom. The number of hydrogen-bond acceptors (Lipinski definition) is 6. The van der Waals surface area contributed by atoms with Crippen LogP contribution in [0.25, 0.3) is 0 Å². The molecule has 0 spiro atoms. The molecule has 0 radical (unpaired) electrons. The summed E-state index contributed by atoms with van der Waals surface area (Å²) in [5.41, 5.74) is 3.89. The molecule has 0 saturated heterocycles. The highest BCUT2D eigenvalue weighted by Crippen LogP contribution is 2.29. The predicted molar refractivity (Wildman–Crippen MR) is 108 cm³/mol. The van der Waals surface area contributed by atoms with Gasteiger partial charge in [0.25, 0.3) is 0 Å². The van der Waals surface area contributed by atoms with Crippen LogP contribution in [0.2, 0.25) is 0 Å². The van der Waals surface area contributed by atoms with E-state index in [1.165, 1.54) is 21.1 Å². The highest BCUT2D eigenvalue weighted by atomic mass is 19.4. The van der Waals surface area contributed by atoms with Crippen LogP contribution in [0.1, 0.15) is 35.2 Å². The molecule has 0 fully saturated rings. The van der Waals surface area contributed by atoms with Gasteiger partial charge in [-0.3, -0.25) is 4.79 Å². The molecule has 0 aliphatic carbocycles. The van der Waals surface area contributed by atoms with Crippen LogP contribution in [-0.4, -0.2) is 32.1 Å². The monoisotopic (exact) mass is 457 g/mol. The average molecular weight is 457 g/mol. The zero-order valence-electron chi connectivity index (χ0n) is 17.8. The number of carbonyl (C=O) groups is 1. The fourth-order valence-corrected chi connectivity index (χ4v) is 3.02. The van der Waals surface area contributed by atoms with Gasteiger partial charge in [0, 0.05) is 12.6 Å².